The first-order valence-corrected chi connectivity index (χ1v) is 7.29. The summed E-state index contributed by atoms with van der Waals surface area (Å²) in [5.74, 6) is 1.83. The van der Waals surface area contributed by atoms with Crippen LogP contribution in [0.3, 0.4) is 0 Å². The minimum absolute atomic E-state index is 0.295. The van der Waals surface area contributed by atoms with Crippen LogP contribution in [-0.2, 0) is 0 Å². The van der Waals surface area contributed by atoms with Crippen molar-refractivity contribution in [3.05, 3.63) is 60.7 Å². The van der Waals surface area contributed by atoms with Crippen molar-refractivity contribution in [2.45, 2.75) is 5.41 Å². The van der Waals surface area contributed by atoms with Gasteiger partial charge in [0.15, 0.2) is 0 Å². The van der Waals surface area contributed by atoms with Gasteiger partial charge in [-0.1, -0.05) is 36.4 Å². The Hall–Kier alpha value is -1.45. The molecule has 0 amide bonds. The second-order valence-corrected chi connectivity index (χ2v) is 5.89. The Balaban J connectivity index is 2.11. The highest BCUT2D eigenvalue weighted by Gasteiger charge is 2.27. The lowest BCUT2D eigenvalue weighted by molar-refractivity contribution is -0.0185. The van der Waals surface area contributed by atoms with Gasteiger partial charge >= 0.3 is 0 Å². The molecule has 0 unspecified atom stereocenters. The van der Waals surface area contributed by atoms with Crippen molar-refractivity contribution in [3.8, 4) is 11.5 Å². The summed E-state index contributed by atoms with van der Waals surface area (Å²) >= 11 is 5.99. The van der Waals surface area contributed by atoms with E-state index in [0.717, 1.165) is 11.5 Å². The van der Waals surface area contributed by atoms with E-state index in [-0.39, 0.29) is 0 Å². The zero-order valence-corrected chi connectivity index (χ0v) is 12.9. The molecule has 94 valence electrons. The molecular formula is C14H15ClO2Si. The molecule has 18 heavy (non-hydrogen) atoms. The zero-order chi connectivity index (χ0) is 12.8. The molecule has 0 aliphatic rings. The van der Waals surface area contributed by atoms with E-state index in [4.69, 9.17) is 21.1 Å². The molecule has 2 aromatic carbocycles. The molecule has 0 atom stereocenters. The molecule has 0 spiro atoms. The topological polar surface area (TPSA) is 18.5 Å². The first-order valence-electron chi connectivity index (χ1n) is 5.76. The van der Waals surface area contributed by atoms with Crippen LogP contribution in [-0.4, -0.2) is 21.5 Å². The van der Waals surface area contributed by atoms with Crippen molar-refractivity contribution in [3.63, 3.8) is 0 Å². The van der Waals surface area contributed by atoms with E-state index in [2.05, 4.69) is 0 Å². The molecule has 0 N–H and O–H groups in total. The van der Waals surface area contributed by atoms with Gasteiger partial charge in [-0.25, -0.2) is 0 Å². The highest BCUT2D eigenvalue weighted by atomic mass is 35.5. The van der Waals surface area contributed by atoms with E-state index in [1.54, 1.807) is 0 Å². The third kappa shape index (κ3) is 3.52. The SMILES string of the molecule is [SiH3]C(CCl)(Oc1ccccc1)Oc1ccccc1. The molecule has 2 aromatic rings. The van der Waals surface area contributed by atoms with Crippen LogP contribution in [0.25, 0.3) is 0 Å². The van der Waals surface area contributed by atoms with Gasteiger partial charge in [-0.15, -0.1) is 11.6 Å². The average Bonchev–Trinajstić information content (AvgIpc) is 2.41. The summed E-state index contributed by atoms with van der Waals surface area (Å²) in [6.07, 6.45) is 0. The highest BCUT2D eigenvalue weighted by Crippen LogP contribution is 2.21. The van der Waals surface area contributed by atoms with Crippen LogP contribution >= 0.6 is 11.6 Å². The summed E-state index contributed by atoms with van der Waals surface area (Å²) in [4.78, 5) is 0. The van der Waals surface area contributed by atoms with Crippen molar-refractivity contribution in [2.75, 3.05) is 5.88 Å². The van der Waals surface area contributed by atoms with Crippen molar-refractivity contribution in [1.82, 2.24) is 0 Å². The van der Waals surface area contributed by atoms with Crippen molar-refractivity contribution >= 4 is 21.8 Å². The number of alkyl halides is 1. The quantitative estimate of drug-likeness (QED) is 0.475. The van der Waals surface area contributed by atoms with Crippen molar-refractivity contribution in [1.29, 1.82) is 0 Å². The number of benzene rings is 2. The highest BCUT2D eigenvalue weighted by molar-refractivity contribution is 6.25. The van der Waals surface area contributed by atoms with Gasteiger partial charge in [0.1, 0.15) is 21.7 Å². The maximum atomic E-state index is 5.99. The fourth-order valence-corrected chi connectivity index (χ4v) is 2.13. The molecule has 0 aliphatic carbocycles. The lowest BCUT2D eigenvalue weighted by atomic mass is 10.3. The second-order valence-electron chi connectivity index (χ2n) is 4.10. The first-order chi connectivity index (χ1) is 8.72. The van der Waals surface area contributed by atoms with Crippen LogP contribution in [0.4, 0.5) is 0 Å². The molecule has 0 radical (unpaired) electrons. The van der Waals surface area contributed by atoms with Crippen molar-refractivity contribution in [2.24, 2.45) is 0 Å². The lowest BCUT2D eigenvalue weighted by Crippen LogP contribution is -2.45. The lowest BCUT2D eigenvalue weighted by Gasteiger charge is -2.30. The third-order valence-corrected chi connectivity index (χ3v) is 4.09. The number of hydrogen-bond acceptors (Lipinski definition) is 2. The Kier molecular flexibility index (Phi) is 4.28. The van der Waals surface area contributed by atoms with E-state index < -0.39 is 5.41 Å². The molecule has 4 heteroatoms. The number of para-hydroxylation sites is 2. The van der Waals surface area contributed by atoms with Crippen LogP contribution in [0.5, 0.6) is 11.5 Å². The summed E-state index contributed by atoms with van der Waals surface area (Å²) in [5, 5.41) is 0. The van der Waals surface area contributed by atoms with E-state index in [1.807, 2.05) is 60.7 Å². The van der Waals surface area contributed by atoms with Crippen LogP contribution in [0.15, 0.2) is 60.7 Å². The molecule has 2 rings (SSSR count). The van der Waals surface area contributed by atoms with Gasteiger partial charge in [0.05, 0.1) is 5.88 Å². The van der Waals surface area contributed by atoms with Crippen LogP contribution in [0.1, 0.15) is 0 Å². The van der Waals surface area contributed by atoms with Gasteiger partial charge in [-0.2, -0.15) is 0 Å². The van der Waals surface area contributed by atoms with E-state index in [1.165, 1.54) is 0 Å². The molecule has 0 saturated carbocycles. The van der Waals surface area contributed by atoms with Gasteiger partial charge < -0.3 is 9.47 Å². The summed E-state index contributed by atoms with van der Waals surface area (Å²) in [6.45, 7) is 0. The number of ether oxygens (including phenoxy) is 2. The standard InChI is InChI=1S/C14H15ClO2Si/c15-11-14(18,16-12-7-3-1-4-8-12)17-13-9-5-2-6-10-13/h1-10H,11H2,18H3. The Morgan fingerprint density at radius 3 is 1.56 bits per heavy atom. The Morgan fingerprint density at radius 2 is 1.22 bits per heavy atom. The van der Waals surface area contributed by atoms with Gasteiger partial charge in [0, 0.05) is 0 Å². The third-order valence-electron chi connectivity index (χ3n) is 2.40. The van der Waals surface area contributed by atoms with E-state index in [0.29, 0.717) is 16.1 Å². The molecule has 0 aliphatic heterocycles. The fourth-order valence-electron chi connectivity index (χ4n) is 1.55. The fraction of sp³-hybridized carbons (Fsp3) is 0.143. The predicted octanol–water partition coefficient (Wildman–Crippen LogP) is 2.40. The van der Waals surface area contributed by atoms with Crippen molar-refractivity contribution < 1.29 is 9.47 Å². The average molecular weight is 279 g/mol. The molecule has 0 fully saturated rings. The van der Waals surface area contributed by atoms with Gasteiger partial charge in [-0.3, -0.25) is 0 Å². The Bertz CT molecular complexity index is 434. The number of rotatable bonds is 5. The summed E-state index contributed by atoms with van der Waals surface area (Å²) in [6, 6.07) is 19.2. The monoisotopic (exact) mass is 278 g/mol. The molecule has 0 saturated heterocycles. The predicted molar refractivity (Wildman–Crippen MR) is 77.5 cm³/mol. The first kappa shape index (κ1) is 13.0. The molecule has 2 nitrogen and oxygen atoms in total. The molecular weight excluding hydrogens is 264 g/mol. The minimum Gasteiger partial charge on any atom is -0.457 e. The smallest absolute Gasteiger partial charge is 0.231 e. The molecule has 0 aromatic heterocycles. The number of halogens is 1. The van der Waals surface area contributed by atoms with Gasteiger partial charge in [0.2, 0.25) is 5.41 Å². The minimum atomic E-state index is -0.746. The van der Waals surface area contributed by atoms with E-state index in [9.17, 15) is 0 Å². The molecule has 0 heterocycles. The van der Waals surface area contributed by atoms with Crippen LogP contribution in [0, 0.1) is 0 Å². The Morgan fingerprint density at radius 1 is 0.833 bits per heavy atom. The number of hydrogen-bond donors (Lipinski definition) is 0. The van der Waals surface area contributed by atoms with Crippen LogP contribution < -0.4 is 9.47 Å². The van der Waals surface area contributed by atoms with E-state index >= 15 is 0 Å². The maximum Gasteiger partial charge on any atom is 0.231 e. The van der Waals surface area contributed by atoms with Crippen LogP contribution in [0.2, 0.25) is 0 Å². The maximum absolute atomic E-state index is 5.99. The summed E-state index contributed by atoms with van der Waals surface area (Å²) in [7, 11) is 0.662. The normalized spacial score (nSPS) is 11.2. The summed E-state index contributed by atoms with van der Waals surface area (Å²) in [5.41, 5.74) is -0.746. The molecule has 0 bridgehead atoms. The Labute approximate surface area is 115 Å². The largest absolute Gasteiger partial charge is 0.457 e. The van der Waals surface area contributed by atoms with Gasteiger partial charge in [0.25, 0.3) is 0 Å². The summed E-state index contributed by atoms with van der Waals surface area (Å²) < 4.78 is 11.7. The zero-order valence-electron chi connectivity index (χ0n) is 10.2. The van der Waals surface area contributed by atoms with Gasteiger partial charge in [-0.05, 0) is 24.3 Å². The second kappa shape index (κ2) is 5.93.